The number of methoxy groups -OCH3 is 1. The van der Waals surface area contributed by atoms with Crippen molar-refractivity contribution in [2.45, 2.75) is 19.1 Å². The van der Waals surface area contributed by atoms with Crippen LogP contribution in [0.25, 0.3) is 0 Å². The average molecular weight is 307 g/mol. The second-order valence-corrected chi connectivity index (χ2v) is 4.61. The van der Waals surface area contributed by atoms with Crippen molar-refractivity contribution in [3.8, 4) is 0 Å². The second kappa shape index (κ2) is 9.15. The summed E-state index contributed by atoms with van der Waals surface area (Å²) in [5.74, 6) is 0.00674. The fraction of sp³-hybridized carbons (Fsp3) is 0.462. The molecule has 0 aliphatic heterocycles. The Morgan fingerprint density at radius 2 is 2.21 bits per heavy atom. The molecule has 0 heterocycles. The minimum absolute atomic E-state index is 0. The van der Waals surface area contributed by atoms with Gasteiger partial charge in [-0.2, -0.15) is 0 Å². The van der Waals surface area contributed by atoms with Gasteiger partial charge < -0.3 is 15.4 Å². The molecule has 0 fully saturated rings. The van der Waals surface area contributed by atoms with Gasteiger partial charge in [-0.3, -0.25) is 4.79 Å². The van der Waals surface area contributed by atoms with Crippen LogP contribution in [0.5, 0.6) is 0 Å². The first-order chi connectivity index (χ1) is 8.56. The van der Waals surface area contributed by atoms with Crippen molar-refractivity contribution < 1.29 is 9.53 Å². The lowest BCUT2D eigenvalue weighted by atomic mass is 10.2. The highest BCUT2D eigenvalue weighted by molar-refractivity contribution is 6.30. The highest BCUT2D eigenvalue weighted by Crippen LogP contribution is 2.12. The maximum Gasteiger partial charge on any atom is 0.225 e. The van der Waals surface area contributed by atoms with Crippen LogP contribution in [-0.4, -0.2) is 37.6 Å². The van der Waals surface area contributed by atoms with Crippen molar-refractivity contribution in [1.82, 2.24) is 4.90 Å². The third-order valence-electron chi connectivity index (χ3n) is 2.73. The number of halogens is 2. The van der Waals surface area contributed by atoms with Crippen LogP contribution in [0.1, 0.15) is 12.0 Å². The van der Waals surface area contributed by atoms with Gasteiger partial charge in [0.15, 0.2) is 0 Å². The topological polar surface area (TPSA) is 55.6 Å². The molecule has 0 radical (unpaired) electrons. The Bertz CT molecular complexity index is 398. The first kappa shape index (κ1) is 18.2. The number of nitrogens with zero attached hydrogens (tertiary/aromatic N) is 1. The van der Waals surface area contributed by atoms with E-state index in [1.807, 2.05) is 24.3 Å². The van der Waals surface area contributed by atoms with Crippen molar-refractivity contribution in [2.24, 2.45) is 5.73 Å². The summed E-state index contributed by atoms with van der Waals surface area (Å²) >= 11 is 5.90. The van der Waals surface area contributed by atoms with E-state index < -0.39 is 0 Å². The van der Waals surface area contributed by atoms with Crippen molar-refractivity contribution >= 4 is 29.9 Å². The maximum atomic E-state index is 11.9. The van der Waals surface area contributed by atoms with Crippen molar-refractivity contribution in [2.75, 3.05) is 20.7 Å². The number of hydrogen-bond acceptors (Lipinski definition) is 3. The number of benzene rings is 1. The van der Waals surface area contributed by atoms with E-state index in [4.69, 9.17) is 22.1 Å². The number of carbonyl (C=O) groups excluding carboxylic acids is 1. The summed E-state index contributed by atoms with van der Waals surface area (Å²) in [7, 11) is 3.31. The van der Waals surface area contributed by atoms with E-state index in [2.05, 4.69) is 0 Å². The van der Waals surface area contributed by atoms with Crippen LogP contribution < -0.4 is 5.73 Å². The van der Waals surface area contributed by atoms with E-state index in [9.17, 15) is 4.79 Å². The summed E-state index contributed by atoms with van der Waals surface area (Å²) in [4.78, 5) is 13.6. The summed E-state index contributed by atoms with van der Waals surface area (Å²) in [5, 5.41) is 0.671. The number of rotatable bonds is 6. The highest BCUT2D eigenvalue weighted by atomic mass is 35.5. The summed E-state index contributed by atoms with van der Waals surface area (Å²) in [6, 6.07) is 7.46. The van der Waals surface area contributed by atoms with Crippen molar-refractivity contribution in [3.05, 3.63) is 34.9 Å². The molecule has 6 heteroatoms. The van der Waals surface area contributed by atoms with E-state index >= 15 is 0 Å². The fourth-order valence-electron chi connectivity index (χ4n) is 1.61. The molecule has 0 spiro atoms. The van der Waals surface area contributed by atoms with E-state index in [0.29, 0.717) is 24.5 Å². The predicted molar refractivity (Wildman–Crippen MR) is 79.6 cm³/mol. The average Bonchev–Trinajstić information content (AvgIpc) is 2.35. The minimum Gasteiger partial charge on any atom is -0.380 e. The van der Waals surface area contributed by atoms with E-state index in [-0.39, 0.29) is 24.4 Å². The molecule has 0 saturated heterocycles. The molecule has 1 aromatic carbocycles. The van der Waals surface area contributed by atoms with Gasteiger partial charge in [-0.15, -0.1) is 12.4 Å². The van der Waals surface area contributed by atoms with Gasteiger partial charge in [-0.05, 0) is 17.7 Å². The largest absolute Gasteiger partial charge is 0.380 e. The van der Waals surface area contributed by atoms with Crippen LogP contribution in [0.2, 0.25) is 5.02 Å². The van der Waals surface area contributed by atoms with Gasteiger partial charge in [0.05, 0.1) is 12.5 Å². The highest BCUT2D eigenvalue weighted by Gasteiger charge is 2.15. The Kier molecular flexibility index (Phi) is 8.76. The standard InChI is InChI=1S/C13H19ClN2O2.ClH/c1-16(13(17)7-12(8-15)18-2)9-10-4-3-5-11(14)6-10;/h3-6,12H,7-9,15H2,1-2H3;1H. The fourth-order valence-corrected chi connectivity index (χ4v) is 1.82. The summed E-state index contributed by atoms with van der Waals surface area (Å²) in [5.41, 5.74) is 6.49. The first-order valence-corrected chi connectivity index (χ1v) is 6.16. The third-order valence-corrected chi connectivity index (χ3v) is 2.97. The molecular formula is C13H20Cl2N2O2. The van der Waals surface area contributed by atoms with Crippen LogP contribution in [0.4, 0.5) is 0 Å². The number of amides is 1. The summed E-state index contributed by atoms with van der Waals surface area (Å²) in [6.45, 7) is 0.869. The van der Waals surface area contributed by atoms with Crippen LogP contribution in [-0.2, 0) is 16.1 Å². The van der Waals surface area contributed by atoms with Crippen LogP contribution in [0.3, 0.4) is 0 Å². The smallest absolute Gasteiger partial charge is 0.225 e. The minimum atomic E-state index is -0.223. The summed E-state index contributed by atoms with van der Waals surface area (Å²) < 4.78 is 5.10. The molecule has 1 rings (SSSR count). The number of carbonyl (C=O) groups is 1. The zero-order valence-corrected chi connectivity index (χ0v) is 12.7. The molecule has 0 saturated carbocycles. The Morgan fingerprint density at radius 1 is 1.53 bits per heavy atom. The van der Waals surface area contributed by atoms with Gasteiger partial charge in [0, 0.05) is 32.3 Å². The SMILES string of the molecule is COC(CN)CC(=O)N(C)Cc1cccc(Cl)c1.Cl. The number of hydrogen-bond donors (Lipinski definition) is 1. The van der Waals surface area contributed by atoms with Crippen LogP contribution in [0, 0.1) is 0 Å². The Balaban J connectivity index is 0.00000324. The van der Waals surface area contributed by atoms with Gasteiger partial charge in [0.2, 0.25) is 5.91 Å². The van der Waals surface area contributed by atoms with E-state index in [1.165, 1.54) is 0 Å². The molecule has 1 aromatic rings. The van der Waals surface area contributed by atoms with Gasteiger partial charge in [-0.25, -0.2) is 0 Å². The molecule has 4 nitrogen and oxygen atoms in total. The molecular weight excluding hydrogens is 287 g/mol. The number of nitrogens with two attached hydrogens (primary N) is 1. The molecule has 1 amide bonds. The second-order valence-electron chi connectivity index (χ2n) is 4.18. The molecule has 0 aliphatic rings. The van der Waals surface area contributed by atoms with E-state index in [0.717, 1.165) is 5.56 Å². The molecule has 2 N–H and O–H groups in total. The molecule has 19 heavy (non-hydrogen) atoms. The Hall–Kier alpha value is -0.810. The molecule has 0 aromatic heterocycles. The monoisotopic (exact) mass is 306 g/mol. The normalized spacial score (nSPS) is 11.6. The predicted octanol–water partition coefficient (Wildman–Crippen LogP) is 2.08. The van der Waals surface area contributed by atoms with E-state index in [1.54, 1.807) is 19.1 Å². The lowest BCUT2D eigenvalue weighted by Crippen LogP contribution is -2.33. The number of ether oxygens (including phenoxy) is 1. The van der Waals surface area contributed by atoms with Crippen molar-refractivity contribution in [3.63, 3.8) is 0 Å². The summed E-state index contributed by atoms with van der Waals surface area (Å²) in [6.07, 6.45) is 0.0728. The van der Waals surface area contributed by atoms with Crippen molar-refractivity contribution in [1.29, 1.82) is 0 Å². The van der Waals surface area contributed by atoms with Crippen LogP contribution >= 0.6 is 24.0 Å². The molecule has 0 bridgehead atoms. The van der Waals surface area contributed by atoms with Gasteiger partial charge >= 0.3 is 0 Å². The first-order valence-electron chi connectivity index (χ1n) is 5.78. The maximum absolute atomic E-state index is 11.9. The molecule has 0 aliphatic carbocycles. The Labute approximate surface area is 125 Å². The van der Waals surface area contributed by atoms with Gasteiger partial charge in [0.1, 0.15) is 0 Å². The lowest BCUT2D eigenvalue weighted by molar-refractivity contribution is -0.132. The van der Waals surface area contributed by atoms with Gasteiger partial charge in [-0.1, -0.05) is 23.7 Å². The zero-order valence-electron chi connectivity index (χ0n) is 11.1. The molecule has 1 unspecified atom stereocenters. The Morgan fingerprint density at radius 3 is 2.74 bits per heavy atom. The molecule has 108 valence electrons. The quantitative estimate of drug-likeness (QED) is 0.875. The zero-order chi connectivity index (χ0) is 13.5. The van der Waals surface area contributed by atoms with Gasteiger partial charge in [0.25, 0.3) is 0 Å². The van der Waals surface area contributed by atoms with Crippen LogP contribution in [0.15, 0.2) is 24.3 Å². The molecule has 1 atom stereocenters. The third kappa shape index (κ3) is 6.25. The lowest BCUT2D eigenvalue weighted by Gasteiger charge is -2.20.